The molecule has 1 fully saturated rings. The van der Waals surface area contributed by atoms with Crippen molar-refractivity contribution in [1.82, 2.24) is 9.88 Å². The smallest absolute Gasteiger partial charge is 0.120 e. The Hall–Kier alpha value is -1.87. The summed E-state index contributed by atoms with van der Waals surface area (Å²) in [5.41, 5.74) is 4.08. The van der Waals surface area contributed by atoms with E-state index in [0.717, 1.165) is 23.8 Å². The quantitative estimate of drug-likeness (QED) is 0.862. The maximum absolute atomic E-state index is 5.95. The van der Waals surface area contributed by atoms with Crippen molar-refractivity contribution in [2.24, 2.45) is 0 Å². The van der Waals surface area contributed by atoms with Crippen LogP contribution in [-0.2, 0) is 19.4 Å². The number of hydrogen-bond donors (Lipinski definition) is 0. The van der Waals surface area contributed by atoms with Gasteiger partial charge in [0.05, 0.1) is 0 Å². The highest BCUT2D eigenvalue weighted by Gasteiger charge is 2.26. The zero-order chi connectivity index (χ0) is 15.5. The van der Waals surface area contributed by atoms with Crippen LogP contribution >= 0.6 is 0 Å². The largest absolute Gasteiger partial charge is 0.489 e. The predicted molar refractivity (Wildman–Crippen MR) is 91.6 cm³/mol. The second-order valence-corrected chi connectivity index (χ2v) is 6.70. The molecule has 0 radical (unpaired) electrons. The molecule has 3 nitrogen and oxygen atoms in total. The number of nitrogens with zero attached hydrogens (tertiary/aromatic N) is 2. The van der Waals surface area contributed by atoms with Crippen molar-refractivity contribution < 1.29 is 4.74 Å². The van der Waals surface area contributed by atoms with Crippen molar-refractivity contribution in [3.8, 4) is 5.75 Å². The molecule has 1 aliphatic carbocycles. The first-order chi connectivity index (χ1) is 11.4. The van der Waals surface area contributed by atoms with Crippen molar-refractivity contribution in [1.29, 1.82) is 0 Å². The molecule has 1 aromatic heterocycles. The molecule has 1 aliphatic heterocycles. The Balaban J connectivity index is 1.41. The minimum atomic E-state index is 0.584. The van der Waals surface area contributed by atoms with Crippen molar-refractivity contribution in [2.75, 3.05) is 13.1 Å². The number of pyridine rings is 1. The van der Waals surface area contributed by atoms with Crippen molar-refractivity contribution >= 4 is 0 Å². The fraction of sp³-hybridized carbons (Fsp3) is 0.450. The van der Waals surface area contributed by atoms with Crippen LogP contribution in [-0.4, -0.2) is 29.0 Å². The third-order valence-corrected chi connectivity index (χ3v) is 5.23. The van der Waals surface area contributed by atoms with Gasteiger partial charge in [-0.3, -0.25) is 9.88 Å². The Morgan fingerprint density at radius 1 is 1.09 bits per heavy atom. The summed E-state index contributed by atoms with van der Waals surface area (Å²) in [5, 5.41) is 0. The van der Waals surface area contributed by atoms with Gasteiger partial charge in [-0.25, -0.2) is 0 Å². The fourth-order valence-electron chi connectivity index (χ4n) is 3.58. The lowest BCUT2D eigenvalue weighted by Crippen LogP contribution is -2.41. The minimum absolute atomic E-state index is 0.584. The highest BCUT2D eigenvalue weighted by Crippen LogP contribution is 2.28. The molecule has 0 amide bonds. The van der Waals surface area contributed by atoms with Crippen LogP contribution in [0.2, 0.25) is 0 Å². The van der Waals surface area contributed by atoms with Crippen LogP contribution in [0.5, 0.6) is 5.75 Å². The highest BCUT2D eigenvalue weighted by molar-refractivity contribution is 5.37. The van der Waals surface area contributed by atoms with Crippen LogP contribution in [0.4, 0.5) is 0 Å². The molecule has 23 heavy (non-hydrogen) atoms. The summed E-state index contributed by atoms with van der Waals surface area (Å²) in [4.78, 5) is 6.83. The molecule has 0 bridgehead atoms. The van der Waals surface area contributed by atoms with Crippen LogP contribution in [0.25, 0.3) is 0 Å². The molecule has 0 spiro atoms. The van der Waals surface area contributed by atoms with E-state index in [0.29, 0.717) is 6.61 Å². The molecule has 1 saturated carbocycles. The van der Waals surface area contributed by atoms with Gasteiger partial charge >= 0.3 is 0 Å². The monoisotopic (exact) mass is 308 g/mol. The molecule has 2 heterocycles. The van der Waals surface area contributed by atoms with Gasteiger partial charge in [0.25, 0.3) is 0 Å². The van der Waals surface area contributed by atoms with Crippen molar-refractivity contribution in [3.63, 3.8) is 0 Å². The maximum atomic E-state index is 5.95. The molecule has 0 unspecified atom stereocenters. The summed E-state index contributed by atoms with van der Waals surface area (Å²) in [6.07, 6.45) is 10.2. The van der Waals surface area contributed by atoms with Crippen LogP contribution in [0.3, 0.4) is 0 Å². The van der Waals surface area contributed by atoms with E-state index in [1.165, 1.54) is 49.9 Å². The molecule has 120 valence electrons. The number of fused-ring (bicyclic) bond motifs is 1. The molecule has 0 saturated heterocycles. The second-order valence-electron chi connectivity index (χ2n) is 6.70. The van der Waals surface area contributed by atoms with Gasteiger partial charge in [-0.05, 0) is 55.0 Å². The summed E-state index contributed by atoms with van der Waals surface area (Å²) in [6.45, 7) is 3.00. The second kappa shape index (κ2) is 6.71. The maximum Gasteiger partial charge on any atom is 0.120 e. The Bertz CT molecular complexity index is 652. The summed E-state index contributed by atoms with van der Waals surface area (Å²) in [6, 6.07) is 11.5. The van der Waals surface area contributed by atoms with Crippen LogP contribution in [0.15, 0.2) is 42.7 Å². The molecule has 2 aliphatic rings. The van der Waals surface area contributed by atoms with Gasteiger partial charge in [0.2, 0.25) is 0 Å². The third-order valence-electron chi connectivity index (χ3n) is 5.23. The molecule has 0 N–H and O–H groups in total. The lowest BCUT2D eigenvalue weighted by Gasteiger charge is -2.36. The topological polar surface area (TPSA) is 25.4 Å². The van der Waals surface area contributed by atoms with Crippen LogP contribution in [0, 0.1) is 0 Å². The van der Waals surface area contributed by atoms with Gasteiger partial charge in [0, 0.05) is 37.1 Å². The van der Waals surface area contributed by atoms with Crippen molar-refractivity contribution in [3.05, 3.63) is 59.4 Å². The van der Waals surface area contributed by atoms with Gasteiger partial charge in [-0.15, -0.1) is 0 Å². The van der Waals surface area contributed by atoms with E-state index in [2.05, 4.69) is 28.1 Å². The number of rotatable bonds is 4. The van der Waals surface area contributed by atoms with Gasteiger partial charge in [-0.1, -0.05) is 18.6 Å². The Kier molecular flexibility index (Phi) is 4.29. The standard InChI is InChI=1S/C20H24N2O/c1-4-19(5-1)22-11-8-17-6-7-20(13-18(17)9-12-22)23-15-16-3-2-10-21-14-16/h2-3,6-7,10,13-14,19H,1,4-5,8-9,11-12,15H2. The molecule has 3 heteroatoms. The van der Waals surface area contributed by atoms with Crippen LogP contribution in [0.1, 0.15) is 36.0 Å². The molecule has 0 atom stereocenters. The average molecular weight is 308 g/mol. The van der Waals surface area contributed by atoms with Crippen molar-refractivity contribution in [2.45, 2.75) is 44.8 Å². The number of benzene rings is 1. The average Bonchev–Trinajstić information content (AvgIpc) is 2.75. The first kappa shape index (κ1) is 14.7. The first-order valence-electron chi connectivity index (χ1n) is 8.76. The van der Waals surface area contributed by atoms with E-state index >= 15 is 0 Å². The zero-order valence-corrected chi connectivity index (χ0v) is 13.6. The molecule has 4 rings (SSSR count). The van der Waals surface area contributed by atoms with Gasteiger partial charge in [0.1, 0.15) is 12.4 Å². The predicted octanol–water partition coefficient (Wildman–Crippen LogP) is 3.61. The van der Waals surface area contributed by atoms with E-state index in [-0.39, 0.29) is 0 Å². The molecular formula is C20H24N2O. The number of aromatic nitrogens is 1. The van der Waals surface area contributed by atoms with Gasteiger partial charge in [0.15, 0.2) is 0 Å². The summed E-state index contributed by atoms with van der Waals surface area (Å²) in [7, 11) is 0. The summed E-state index contributed by atoms with van der Waals surface area (Å²) < 4.78 is 5.95. The fourth-order valence-corrected chi connectivity index (χ4v) is 3.58. The molecule has 1 aromatic carbocycles. The minimum Gasteiger partial charge on any atom is -0.489 e. The van der Waals surface area contributed by atoms with E-state index in [1.807, 2.05) is 18.3 Å². The van der Waals surface area contributed by atoms with E-state index in [1.54, 1.807) is 6.20 Å². The van der Waals surface area contributed by atoms with Crippen LogP contribution < -0.4 is 4.74 Å². The zero-order valence-electron chi connectivity index (χ0n) is 13.6. The molecule has 2 aromatic rings. The Morgan fingerprint density at radius 3 is 2.70 bits per heavy atom. The highest BCUT2D eigenvalue weighted by atomic mass is 16.5. The van der Waals surface area contributed by atoms with Gasteiger partial charge in [-0.2, -0.15) is 0 Å². The SMILES string of the molecule is c1cncc(COc2ccc3c(c2)CCN(C2CCC2)CC3)c1. The van der Waals surface area contributed by atoms with E-state index in [9.17, 15) is 0 Å². The van der Waals surface area contributed by atoms with E-state index in [4.69, 9.17) is 4.74 Å². The first-order valence-corrected chi connectivity index (χ1v) is 8.76. The Morgan fingerprint density at radius 2 is 1.96 bits per heavy atom. The summed E-state index contributed by atoms with van der Waals surface area (Å²) in [5.74, 6) is 0.977. The Labute approximate surface area is 138 Å². The summed E-state index contributed by atoms with van der Waals surface area (Å²) >= 11 is 0. The third kappa shape index (κ3) is 3.40. The number of ether oxygens (including phenoxy) is 1. The lowest BCUT2D eigenvalue weighted by molar-refractivity contribution is 0.133. The van der Waals surface area contributed by atoms with E-state index < -0.39 is 0 Å². The normalized spacial score (nSPS) is 18.8. The number of hydrogen-bond acceptors (Lipinski definition) is 3. The lowest BCUT2D eigenvalue weighted by atomic mass is 9.91. The molecular weight excluding hydrogens is 284 g/mol. The van der Waals surface area contributed by atoms with Gasteiger partial charge < -0.3 is 4.74 Å².